The van der Waals surface area contributed by atoms with Gasteiger partial charge in [0.05, 0.1) is 8.07 Å². The third-order valence-corrected chi connectivity index (χ3v) is 6.41. The Morgan fingerprint density at radius 2 is 2.00 bits per heavy atom. The van der Waals surface area contributed by atoms with Crippen molar-refractivity contribution in [3.63, 3.8) is 0 Å². The Morgan fingerprint density at radius 1 is 1.40 bits per heavy atom. The van der Waals surface area contributed by atoms with E-state index in [0.29, 0.717) is 0 Å². The van der Waals surface area contributed by atoms with Gasteiger partial charge in [0.15, 0.2) is 0 Å². The highest BCUT2D eigenvalue weighted by atomic mass is 28.3. The van der Waals surface area contributed by atoms with Crippen LogP contribution in [0.4, 0.5) is 0 Å². The van der Waals surface area contributed by atoms with Crippen molar-refractivity contribution in [2.75, 3.05) is 0 Å². The maximum atomic E-state index is 3.86. The zero-order valence-electron chi connectivity index (χ0n) is 7.19. The van der Waals surface area contributed by atoms with Crippen LogP contribution < -0.4 is 0 Å². The first kappa shape index (κ1) is 9.91. The molecule has 58 valence electrons. The molecule has 0 bridgehead atoms. The highest BCUT2D eigenvalue weighted by Crippen LogP contribution is 2.12. The van der Waals surface area contributed by atoms with Crippen molar-refractivity contribution < 1.29 is 0 Å². The van der Waals surface area contributed by atoms with E-state index in [2.05, 4.69) is 37.7 Å². The molecule has 0 saturated carbocycles. The summed E-state index contributed by atoms with van der Waals surface area (Å²) in [5.74, 6) is 0. The minimum Gasteiger partial charge on any atom is -0.109 e. The average Bonchev–Trinajstić information content (AvgIpc) is 1.89. The topological polar surface area (TPSA) is 0 Å². The first-order valence-corrected chi connectivity index (χ1v) is 8.97. The molecule has 0 aliphatic heterocycles. The van der Waals surface area contributed by atoms with E-state index in [9.17, 15) is 0 Å². The summed E-state index contributed by atoms with van der Waals surface area (Å²) >= 11 is 0. The largest absolute Gasteiger partial charge is 0.109 e. The molecule has 0 amide bonds. The first-order chi connectivity index (χ1) is 4.62. The van der Waals surface area contributed by atoms with Crippen molar-refractivity contribution in [3.8, 4) is 0 Å². The van der Waals surface area contributed by atoms with E-state index in [1.54, 1.807) is 0 Å². The molecule has 0 aromatic heterocycles. The third kappa shape index (κ3) is 4.76. The van der Waals surface area contributed by atoms with E-state index in [0.717, 1.165) is 0 Å². The van der Waals surface area contributed by atoms with Gasteiger partial charge in [0.1, 0.15) is 0 Å². The molecule has 0 atom stereocenters. The lowest BCUT2D eigenvalue weighted by molar-refractivity contribution is 1.35. The molecule has 2 heteroatoms. The molecule has 0 unspecified atom stereocenters. The van der Waals surface area contributed by atoms with Crippen LogP contribution in [0.2, 0.25) is 25.2 Å². The highest BCUT2D eigenvalue weighted by Gasteiger charge is 2.13. The van der Waals surface area contributed by atoms with Gasteiger partial charge >= 0.3 is 0 Å². The molecule has 0 N–H and O–H groups in total. The number of hydrogen-bond donors (Lipinski definition) is 0. The Labute approximate surface area is 67.9 Å². The second-order valence-corrected chi connectivity index (χ2v) is 10.1. The zero-order chi connectivity index (χ0) is 8.04. The van der Waals surface area contributed by atoms with Crippen molar-refractivity contribution in [1.29, 1.82) is 0 Å². The molecule has 0 aromatic carbocycles. The van der Waals surface area contributed by atoms with Crippen LogP contribution in [0, 0.1) is 0 Å². The zero-order valence-corrected chi connectivity index (χ0v) is 9.60. The monoisotopic (exact) mass is 170 g/mol. The Morgan fingerprint density at radius 3 is 2.40 bits per heavy atom. The fourth-order valence-electron chi connectivity index (χ4n) is 0.804. The van der Waals surface area contributed by atoms with Crippen LogP contribution in [0.15, 0.2) is 24.6 Å². The summed E-state index contributed by atoms with van der Waals surface area (Å²) in [6.45, 7) is 12.4. The van der Waals surface area contributed by atoms with Gasteiger partial charge in [-0.25, -0.2) is 0 Å². The van der Waals surface area contributed by atoms with E-state index in [4.69, 9.17) is 0 Å². The van der Waals surface area contributed by atoms with Gasteiger partial charge in [0.25, 0.3) is 0 Å². The lowest BCUT2D eigenvalue weighted by atomic mass is 10.9. The maximum absolute atomic E-state index is 3.86. The van der Waals surface area contributed by atoms with Crippen LogP contribution in [0.3, 0.4) is 0 Å². The number of hydrogen-bond acceptors (Lipinski definition) is 0. The highest BCUT2D eigenvalue weighted by molar-refractivity contribution is 6.82. The van der Waals surface area contributed by atoms with Gasteiger partial charge in [-0.1, -0.05) is 25.2 Å². The SMILES string of the molecule is C=C[SiH2]CC[Si](C)(C)C=C. The summed E-state index contributed by atoms with van der Waals surface area (Å²) in [7, 11) is -0.880. The lowest BCUT2D eigenvalue weighted by Gasteiger charge is -2.15. The van der Waals surface area contributed by atoms with Gasteiger partial charge < -0.3 is 0 Å². The summed E-state index contributed by atoms with van der Waals surface area (Å²) in [6.07, 6.45) is 0. The summed E-state index contributed by atoms with van der Waals surface area (Å²) < 4.78 is 0. The van der Waals surface area contributed by atoms with E-state index < -0.39 is 8.07 Å². The Balaban J connectivity index is 3.46. The molecule has 0 rings (SSSR count). The van der Waals surface area contributed by atoms with Gasteiger partial charge in [0.2, 0.25) is 0 Å². The summed E-state index contributed by atoms with van der Waals surface area (Å²) in [6, 6.07) is 2.84. The molecular weight excluding hydrogens is 152 g/mol. The molecule has 0 aromatic rings. The van der Waals surface area contributed by atoms with Crippen LogP contribution in [0.1, 0.15) is 0 Å². The predicted octanol–water partition coefficient (Wildman–Crippen LogP) is 2.15. The standard InChI is InChI=1S/C8H18Si2/c1-5-9-7-8-10(3,4)6-2/h5-6H,1-2,7-9H2,3-4H3. The molecule has 0 heterocycles. The van der Waals surface area contributed by atoms with Crippen molar-refractivity contribution >= 4 is 17.6 Å². The molecule has 0 saturated heterocycles. The van der Waals surface area contributed by atoms with Gasteiger partial charge in [-0.05, 0) is 0 Å². The Bertz CT molecular complexity index is 116. The van der Waals surface area contributed by atoms with Gasteiger partial charge in [-0.15, -0.1) is 24.6 Å². The second-order valence-electron chi connectivity index (χ2n) is 3.37. The Kier molecular flexibility index (Phi) is 4.65. The molecule has 0 spiro atoms. The fourth-order valence-corrected chi connectivity index (χ4v) is 5.76. The van der Waals surface area contributed by atoms with Crippen LogP contribution in [-0.2, 0) is 0 Å². The molecule has 0 aliphatic carbocycles. The van der Waals surface area contributed by atoms with Gasteiger partial charge in [-0.2, -0.15) is 0 Å². The van der Waals surface area contributed by atoms with Crippen molar-refractivity contribution in [1.82, 2.24) is 0 Å². The minimum atomic E-state index is -0.964. The molecular formula is C8H18Si2. The lowest BCUT2D eigenvalue weighted by Crippen LogP contribution is -2.21. The van der Waals surface area contributed by atoms with Crippen molar-refractivity contribution in [2.24, 2.45) is 0 Å². The van der Waals surface area contributed by atoms with Crippen molar-refractivity contribution in [3.05, 3.63) is 24.6 Å². The van der Waals surface area contributed by atoms with Gasteiger partial charge in [0, 0.05) is 9.52 Å². The number of rotatable bonds is 5. The fraction of sp³-hybridized carbons (Fsp3) is 0.500. The smallest absolute Gasteiger partial charge is 0.0706 e. The summed E-state index contributed by atoms with van der Waals surface area (Å²) in [5.41, 5.74) is 4.32. The quantitative estimate of drug-likeness (QED) is 0.438. The average molecular weight is 170 g/mol. The predicted molar refractivity (Wildman–Crippen MR) is 56.0 cm³/mol. The summed E-state index contributed by atoms with van der Waals surface area (Å²) in [4.78, 5) is 0. The molecule has 0 aliphatic rings. The molecule has 0 fully saturated rings. The van der Waals surface area contributed by atoms with Crippen LogP contribution >= 0.6 is 0 Å². The molecule has 0 nitrogen and oxygen atoms in total. The second kappa shape index (κ2) is 4.69. The van der Waals surface area contributed by atoms with E-state index in [1.807, 2.05) is 0 Å². The maximum Gasteiger partial charge on any atom is 0.0706 e. The molecule has 0 radical (unpaired) electrons. The normalized spacial score (nSPS) is 12.2. The van der Waals surface area contributed by atoms with Crippen LogP contribution in [-0.4, -0.2) is 17.6 Å². The van der Waals surface area contributed by atoms with Gasteiger partial charge in [-0.3, -0.25) is 0 Å². The van der Waals surface area contributed by atoms with Crippen molar-refractivity contribution in [2.45, 2.75) is 25.2 Å². The van der Waals surface area contributed by atoms with E-state index in [1.165, 1.54) is 12.1 Å². The Hall–Kier alpha value is -0.0862. The van der Waals surface area contributed by atoms with E-state index in [-0.39, 0.29) is 9.52 Å². The third-order valence-electron chi connectivity index (χ3n) is 1.78. The first-order valence-electron chi connectivity index (χ1n) is 3.87. The van der Waals surface area contributed by atoms with E-state index >= 15 is 0 Å². The summed E-state index contributed by atoms with van der Waals surface area (Å²) in [5, 5.41) is 0. The minimum absolute atomic E-state index is 0.0834. The van der Waals surface area contributed by atoms with Crippen LogP contribution in [0.5, 0.6) is 0 Å². The molecule has 10 heavy (non-hydrogen) atoms. The van der Waals surface area contributed by atoms with Crippen LogP contribution in [0.25, 0.3) is 0 Å².